The zero-order chi connectivity index (χ0) is 14.0. The molecule has 98 valence electrons. The molecule has 0 saturated heterocycles. The molecular weight excluding hydrogens is 225 g/mol. The molecule has 0 unspecified atom stereocenters. The summed E-state index contributed by atoms with van der Waals surface area (Å²) in [6.45, 7) is 11.4. The molecule has 0 aliphatic heterocycles. The Morgan fingerprint density at radius 1 is 1.33 bits per heavy atom. The van der Waals surface area contributed by atoms with Crippen LogP contribution in [0.4, 0.5) is 4.39 Å². The first-order valence-electron chi connectivity index (χ1n) is 6.29. The van der Waals surface area contributed by atoms with Crippen LogP contribution in [0, 0.1) is 5.82 Å². The highest BCUT2D eigenvalue weighted by Crippen LogP contribution is 2.11. The van der Waals surface area contributed by atoms with Crippen LogP contribution in [0.5, 0.6) is 0 Å². The van der Waals surface area contributed by atoms with Gasteiger partial charge in [-0.15, -0.1) is 0 Å². The van der Waals surface area contributed by atoms with Gasteiger partial charge in [-0.3, -0.25) is 4.99 Å². The van der Waals surface area contributed by atoms with Crippen molar-refractivity contribution in [1.82, 2.24) is 0 Å². The lowest BCUT2D eigenvalue weighted by molar-refractivity contribution is 0.625. The Kier molecular flexibility index (Phi) is 8.46. The standard InChI is InChI=1S/C14H16FN.C2H6/c1-4-6-7-16-11(3)13-8-12(5-2)9-14(15)10-13;1-2/h4,6-10H,1,5H2,2-3H3;1-2H3/b7-6-,16-11?;. The molecule has 0 aromatic heterocycles. The van der Waals surface area contributed by atoms with Crippen molar-refractivity contribution in [2.45, 2.75) is 34.1 Å². The summed E-state index contributed by atoms with van der Waals surface area (Å²) in [6.07, 6.45) is 5.86. The number of aryl methyl sites for hydroxylation is 1. The largest absolute Gasteiger partial charge is 0.261 e. The molecule has 1 nitrogen and oxygen atoms in total. The van der Waals surface area contributed by atoms with E-state index < -0.39 is 0 Å². The van der Waals surface area contributed by atoms with Crippen LogP contribution in [0.3, 0.4) is 0 Å². The third kappa shape index (κ3) is 5.58. The fourth-order valence-electron chi connectivity index (χ4n) is 1.35. The van der Waals surface area contributed by atoms with E-state index in [2.05, 4.69) is 11.6 Å². The van der Waals surface area contributed by atoms with Crippen molar-refractivity contribution in [3.05, 3.63) is 60.1 Å². The number of benzene rings is 1. The van der Waals surface area contributed by atoms with Crippen LogP contribution in [-0.4, -0.2) is 5.71 Å². The number of allylic oxidation sites excluding steroid dienone is 2. The van der Waals surface area contributed by atoms with Gasteiger partial charge in [0.25, 0.3) is 0 Å². The van der Waals surface area contributed by atoms with Crippen molar-refractivity contribution in [1.29, 1.82) is 0 Å². The van der Waals surface area contributed by atoms with Crippen molar-refractivity contribution >= 4 is 5.71 Å². The second kappa shape index (κ2) is 9.34. The predicted molar refractivity (Wildman–Crippen MR) is 78.7 cm³/mol. The van der Waals surface area contributed by atoms with Crippen LogP contribution in [0.25, 0.3) is 0 Å². The average Bonchev–Trinajstić information content (AvgIpc) is 2.40. The normalized spacial score (nSPS) is 11.1. The maximum Gasteiger partial charge on any atom is 0.124 e. The molecule has 1 aromatic rings. The van der Waals surface area contributed by atoms with Crippen molar-refractivity contribution in [3.8, 4) is 0 Å². The first-order valence-corrected chi connectivity index (χ1v) is 6.29. The summed E-state index contributed by atoms with van der Waals surface area (Å²) < 4.78 is 13.3. The molecule has 0 N–H and O–H groups in total. The van der Waals surface area contributed by atoms with Gasteiger partial charge in [0, 0.05) is 11.9 Å². The summed E-state index contributed by atoms with van der Waals surface area (Å²) >= 11 is 0. The van der Waals surface area contributed by atoms with E-state index in [0.29, 0.717) is 0 Å². The number of hydrogen-bond acceptors (Lipinski definition) is 1. The number of rotatable bonds is 4. The summed E-state index contributed by atoms with van der Waals surface area (Å²) in [5.41, 5.74) is 2.61. The fourth-order valence-corrected chi connectivity index (χ4v) is 1.35. The van der Waals surface area contributed by atoms with Gasteiger partial charge in [0.05, 0.1) is 0 Å². The van der Waals surface area contributed by atoms with Gasteiger partial charge in [-0.2, -0.15) is 0 Å². The van der Waals surface area contributed by atoms with E-state index in [1.807, 2.05) is 33.8 Å². The van der Waals surface area contributed by atoms with Crippen LogP contribution in [0.2, 0.25) is 0 Å². The third-order valence-corrected chi connectivity index (χ3v) is 2.27. The molecule has 0 saturated carbocycles. The molecule has 0 radical (unpaired) electrons. The molecule has 1 rings (SSSR count). The minimum Gasteiger partial charge on any atom is -0.261 e. The van der Waals surface area contributed by atoms with Gasteiger partial charge >= 0.3 is 0 Å². The highest BCUT2D eigenvalue weighted by molar-refractivity contribution is 5.99. The summed E-state index contributed by atoms with van der Waals surface area (Å²) in [6, 6.07) is 5.01. The van der Waals surface area contributed by atoms with Crippen molar-refractivity contribution in [2.24, 2.45) is 4.99 Å². The molecular formula is C16H22FN. The van der Waals surface area contributed by atoms with E-state index >= 15 is 0 Å². The summed E-state index contributed by atoms with van der Waals surface area (Å²) in [5.74, 6) is -0.211. The molecule has 0 fully saturated rings. The van der Waals surface area contributed by atoms with Gasteiger partial charge < -0.3 is 0 Å². The second-order valence-electron chi connectivity index (χ2n) is 3.49. The first-order chi connectivity index (χ1) is 8.67. The molecule has 0 spiro atoms. The molecule has 0 amide bonds. The minimum absolute atomic E-state index is 0.211. The average molecular weight is 247 g/mol. The fraction of sp³-hybridized carbons (Fsp3) is 0.312. The summed E-state index contributed by atoms with van der Waals surface area (Å²) in [7, 11) is 0. The molecule has 0 aliphatic rings. The molecule has 18 heavy (non-hydrogen) atoms. The monoisotopic (exact) mass is 247 g/mol. The lowest BCUT2D eigenvalue weighted by Gasteiger charge is -2.03. The van der Waals surface area contributed by atoms with Crippen LogP contribution >= 0.6 is 0 Å². The molecule has 0 aliphatic carbocycles. The number of hydrogen-bond donors (Lipinski definition) is 0. The smallest absolute Gasteiger partial charge is 0.124 e. The van der Waals surface area contributed by atoms with Gasteiger partial charge in [0.15, 0.2) is 0 Å². The Morgan fingerprint density at radius 3 is 2.56 bits per heavy atom. The van der Waals surface area contributed by atoms with E-state index in [9.17, 15) is 4.39 Å². The maximum absolute atomic E-state index is 13.3. The Hall–Kier alpha value is -1.70. The number of aliphatic imine (C=N–C) groups is 1. The van der Waals surface area contributed by atoms with Gasteiger partial charge in [0.1, 0.15) is 5.82 Å². The maximum atomic E-state index is 13.3. The molecule has 1 aromatic carbocycles. The lowest BCUT2D eigenvalue weighted by Crippen LogP contribution is -1.97. The van der Waals surface area contributed by atoms with E-state index in [0.717, 1.165) is 23.3 Å². The predicted octanol–water partition coefficient (Wildman–Crippen LogP) is 4.92. The highest BCUT2D eigenvalue weighted by atomic mass is 19.1. The first kappa shape index (κ1) is 16.3. The molecule has 2 heteroatoms. The van der Waals surface area contributed by atoms with Crippen molar-refractivity contribution in [3.63, 3.8) is 0 Å². The van der Waals surface area contributed by atoms with Crippen molar-refractivity contribution < 1.29 is 4.39 Å². The Bertz CT molecular complexity index is 431. The number of halogens is 1. The van der Waals surface area contributed by atoms with Crippen LogP contribution in [-0.2, 0) is 6.42 Å². The third-order valence-electron chi connectivity index (χ3n) is 2.27. The molecule has 0 heterocycles. The quantitative estimate of drug-likeness (QED) is 0.529. The summed E-state index contributed by atoms with van der Waals surface area (Å²) in [5, 5.41) is 0. The van der Waals surface area contributed by atoms with Gasteiger partial charge in [-0.05, 0) is 48.7 Å². The Morgan fingerprint density at radius 2 is 2.00 bits per heavy atom. The second-order valence-corrected chi connectivity index (χ2v) is 3.49. The molecule has 0 bridgehead atoms. The number of nitrogens with zero attached hydrogens (tertiary/aromatic N) is 1. The zero-order valence-electron chi connectivity index (χ0n) is 11.7. The Balaban J connectivity index is 0.00000137. The van der Waals surface area contributed by atoms with E-state index in [-0.39, 0.29) is 5.82 Å². The van der Waals surface area contributed by atoms with Crippen LogP contribution < -0.4 is 0 Å². The van der Waals surface area contributed by atoms with Crippen molar-refractivity contribution in [2.75, 3.05) is 0 Å². The van der Waals surface area contributed by atoms with E-state index in [1.54, 1.807) is 24.4 Å². The SMILES string of the molecule is C=C/C=C\N=C(C)c1cc(F)cc(CC)c1.CC. The van der Waals surface area contributed by atoms with Crippen LogP contribution in [0.1, 0.15) is 38.8 Å². The minimum atomic E-state index is -0.211. The highest BCUT2D eigenvalue weighted by Gasteiger charge is 2.01. The van der Waals surface area contributed by atoms with E-state index in [4.69, 9.17) is 0 Å². The van der Waals surface area contributed by atoms with Gasteiger partial charge in [-0.25, -0.2) is 4.39 Å². The topological polar surface area (TPSA) is 12.4 Å². The van der Waals surface area contributed by atoms with Gasteiger partial charge in [-0.1, -0.05) is 33.4 Å². The molecule has 0 atom stereocenters. The lowest BCUT2D eigenvalue weighted by atomic mass is 10.1. The van der Waals surface area contributed by atoms with E-state index in [1.165, 1.54) is 6.07 Å². The summed E-state index contributed by atoms with van der Waals surface area (Å²) in [4.78, 5) is 4.20. The Labute approximate surface area is 110 Å². The zero-order valence-corrected chi connectivity index (χ0v) is 11.7. The van der Waals surface area contributed by atoms with Gasteiger partial charge in [0.2, 0.25) is 0 Å². The van der Waals surface area contributed by atoms with Crippen LogP contribution in [0.15, 0.2) is 48.1 Å².